The van der Waals surface area contributed by atoms with Crippen molar-refractivity contribution in [2.45, 2.75) is 31.8 Å². The Morgan fingerprint density at radius 1 is 1.44 bits per heavy atom. The molecule has 0 spiro atoms. The van der Waals surface area contributed by atoms with Crippen molar-refractivity contribution in [2.75, 3.05) is 19.7 Å². The van der Waals surface area contributed by atoms with Crippen molar-refractivity contribution in [1.82, 2.24) is 10.2 Å². The number of non-ortho nitro benzene ring substituents is 1. The van der Waals surface area contributed by atoms with Crippen molar-refractivity contribution in [3.05, 3.63) is 34.4 Å². The number of hydrogen-bond donors (Lipinski definition) is 2. The lowest BCUT2D eigenvalue weighted by molar-refractivity contribution is -0.384. The predicted molar refractivity (Wildman–Crippen MR) is 88.4 cm³/mol. The van der Waals surface area contributed by atoms with Crippen LogP contribution >= 0.6 is 0 Å². The molecule has 136 valence electrons. The van der Waals surface area contributed by atoms with Crippen LogP contribution in [0.3, 0.4) is 0 Å². The van der Waals surface area contributed by atoms with Crippen LogP contribution in [0.4, 0.5) is 5.69 Å². The molecule has 2 rings (SSSR count). The number of rotatable bonds is 9. The van der Waals surface area contributed by atoms with Crippen LogP contribution in [0.25, 0.3) is 0 Å². The molecule has 0 bridgehead atoms. The number of aliphatic carboxylic acids is 1. The van der Waals surface area contributed by atoms with E-state index in [0.717, 1.165) is 0 Å². The Bertz CT molecular complexity index is 645. The normalized spacial score (nSPS) is 19.1. The van der Waals surface area contributed by atoms with Crippen LogP contribution in [0, 0.1) is 10.1 Å². The molecule has 1 aromatic rings. The van der Waals surface area contributed by atoms with Gasteiger partial charge in [0.15, 0.2) is 6.61 Å². The minimum atomic E-state index is -0.861. The molecule has 1 aliphatic rings. The Labute approximate surface area is 144 Å². The second kappa shape index (κ2) is 8.43. The van der Waals surface area contributed by atoms with E-state index in [1.807, 2.05) is 11.8 Å². The Hall–Kier alpha value is -2.68. The standard InChI is InChI=1S/C16H21N3O6/c1-2-18(9-16(21)22)13-6-11(7-13)17-15(20)10-25-14-5-3-4-12(8-14)19(23)24/h3-5,8,11,13H,2,6-7,9-10H2,1H3,(H,17,20)(H,21,22). The number of carboxylic acid groups (broad SMARTS) is 1. The number of nitrogens with one attached hydrogen (secondary N) is 1. The van der Waals surface area contributed by atoms with Gasteiger partial charge < -0.3 is 15.2 Å². The number of nitro benzene ring substituents is 1. The molecule has 1 fully saturated rings. The SMILES string of the molecule is CCN(CC(=O)O)C1CC(NC(=O)COc2cccc([N+](=O)[O-])c2)C1. The van der Waals surface area contributed by atoms with Crippen LogP contribution < -0.4 is 10.1 Å². The first-order valence-corrected chi connectivity index (χ1v) is 8.01. The van der Waals surface area contributed by atoms with Gasteiger partial charge in [-0.1, -0.05) is 13.0 Å². The zero-order valence-electron chi connectivity index (χ0n) is 13.9. The molecule has 0 atom stereocenters. The highest BCUT2D eigenvalue weighted by Crippen LogP contribution is 2.25. The van der Waals surface area contributed by atoms with E-state index in [9.17, 15) is 19.7 Å². The van der Waals surface area contributed by atoms with Crippen molar-refractivity contribution in [3.63, 3.8) is 0 Å². The van der Waals surface area contributed by atoms with Crippen LogP contribution in [-0.2, 0) is 9.59 Å². The van der Waals surface area contributed by atoms with Crippen LogP contribution in [0.15, 0.2) is 24.3 Å². The first-order valence-electron chi connectivity index (χ1n) is 8.01. The monoisotopic (exact) mass is 351 g/mol. The second-order valence-corrected chi connectivity index (χ2v) is 5.89. The molecule has 9 heteroatoms. The number of carboxylic acids is 1. The molecule has 0 heterocycles. The minimum absolute atomic E-state index is 0.00225. The molecular weight excluding hydrogens is 330 g/mol. The van der Waals surface area contributed by atoms with Gasteiger partial charge in [0.25, 0.3) is 11.6 Å². The van der Waals surface area contributed by atoms with Gasteiger partial charge in [0, 0.05) is 18.2 Å². The van der Waals surface area contributed by atoms with Gasteiger partial charge >= 0.3 is 5.97 Å². The van der Waals surface area contributed by atoms with Gasteiger partial charge in [-0.25, -0.2) is 0 Å². The van der Waals surface area contributed by atoms with Crippen LogP contribution in [0.5, 0.6) is 5.75 Å². The maximum atomic E-state index is 11.9. The van der Waals surface area contributed by atoms with Crippen molar-refractivity contribution in [3.8, 4) is 5.75 Å². The summed E-state index contributed by atoms with van der Waals surface area (Å²) in [6.07, 6.45) is 1.40. The number of nitrogens with zero attached hydrogens (tertiary/aromatic N) is 2. The van der Waals surface area contributed by atoms with Gasteiger partial charge in [-0.3, -0.25) is 24.6 Å². The summed E-state index contributed by atoms with van der Waals surface area (Å²) < 4.78 is 5.27. The summed E-state index contributed by atoms with van der Waals surface area (Å²) >= 11 is 0. The summed E-state index contributed by atoms with van der Waals surface area (Å²) in [4.78, 5) is 34.7. The van der Waals surface area contributed by atoms with Gasteiger partial charge in [-0.2, -0.15) is 0 Å². The van der Waals surface area contributed by atoms with E-state index in [4.69, 9.17) is 9.84 Å². The molecule has 0 aliphatic heterocycles. The molecule has 1 aliphatic carbocycles. The van der Waals surface area contributed by atoms with Crippen LogP contribution in [-0.4, -0.2) is 58.6 Å². The van der Waals surface area contributed by atoms with Crippen molar-refractivity contribution >= 4 is 17.6 Å². The Balaban J connectivity index is 1.72. The molecule has 0 saturated heterocycles. The zero-order valence-corrected chi connectivity index (χ0v) is 13.9. The summed E-state index contributed by atoms with van der Waals surface area (Å²) in [6, 6.07) is 5.79. The van der Waals surface area contributed by atoms with E-state index in [2.05, 4.69) is 5.32 Å². The fraction of sp³-hybridized carbons (Fsp3) is 0.500. The molecule has 0 unspecified atom stereocenters. The molecule has 1 aromatic carbocycles. The molecule has 0 aromatic heterocycles. The number of likely N-dealkylation sites (N-methyl/N-ethyl adjacent to an activating group) is 1. The number of amides is 1. The summed E-state index contributed by atoms with van der Waals surface area (Å²) in [7, 11) is 0. The summed E-state index contributed by atoms with van der Waals surface area (Å²) in [5.41, 5.74) is -0.0992. The quantitative estimate of drug-likeness (QED) is 0.503. The molecule has 25 heavy (non-hydrogen) atoms. The van der Waals surface area contributed by atoms with Crippen molar-refractivity contribution in [1.29, 1.82) is 0 Å². The number of benzene rings is 1. The number of carbonyl (C=O) groups excluding carboxylic acids is 1. The van der Waals surface area contributed by atoms with Gasteiger partial charge in [-0.15, -0.1) is 0 Å². The highest BCUT2D eigenvalue weighted by Gasteiger charge is 2.34. The van der Waals surface area contributed by atoms with E-state index in [1.54, 1.807) is 6.07 Å². The number of nitro groups is 1. The van der Waals surface area contributed by atoms with E-state index in [1.165, 1.54) is 18.2 Å². The fourth-order valence-corrected chi connectivity index (χ4v) is 2.78. The van der Waals surface area contributed by atoms with Gasteiger partial charge in [-0.05, 0) is 25.5 Å². The van der Waals surface area contributed by atoms with E-state index >= 15 is 0 Å². The van der Waals surface area contributed by atoms with Crippen molar-refractivity contribution in [2.24, 2.45) is 0 Å². The maximum Gasteiger partial charge on any atom is 0.317 e. The minimum Gasteiger partial charge on any atom is -0.484 e. The van der Waals surface area contributed by atoms with Crippen molar-refractivity contribution < 1.29 is 24.4 Å². The number of carbonyl (C=O) groups is 2. The topological polar surface area (TPSA) is 122 Å². The highest BCUT2D eigenvalue weighted by atomic mass is 16.6. The fourth-order valence-electron chi connectivity index (χ4n) is 2.78. The Morgan fingerprint density at radius 2 is 2.16 bits per heavy atom. The van der Waals surface area contributed by atoms with Gasteiger partial charge in [0.1, 0.15) is 5.75 Å². The smallest absolute Gasteiger partial charge is 0.317 e. The predicted octanol–water partition coefficient (Wildman–Crippen LogP) is 1.03. The maximum absolute atomic E-state index is 11.9. The number of ether oxygens (including phenoxy) is 1. The summed E-state index contributed by atoms with van der Waals surface area (Å²) in [6.45, 7) is 2.32. The largest absolute Gasteiger partial charge is 0.484 e. The summed E-state index contributed by atoms with van der Waals surface area (Å²) in [5.74, 6) is -0.912. The zero-order chi connectivity index (χ0) is 18.4. The van der Waals surface area contributed by atoms with E-state index in [-0.39, 0.29) is 42.6 Å². The second-order valence-electron chi connectivity index (χ2n) is 5.89. The van der Waals surface area contributed by atoms with Crippen LogP contribution in [0.1, 0.15) is 19.8 Å². The lowest BCUT2D eigenvalue weighted by Gasteiger charge is -2.42. The third kappa shape index (κ3) is 5.42. The molecular formula is C16H21N3O6. The van der Waals surface area contributed by atoms with Gasteiger partial charge in [0.2, 0.25) is 0 Å². The third-order valence-electron chi connectivity index (χ3n) is 4.14. The lowest BCUT2D eigenvalue weighted by Crippen LogP contribution is -2.55. The molecule has 1 saturated carbocycles. The van der Waals surface area contributed by atoms with E-state index < -0.39 is 10.9 Å². The van der Waals surface area contributed by atoms with Gasteiger partial charge in [0.05, 0.1) is 17.5 Å². The van der Waals surface area contributed by atoms with Crippen LogP contribution in [0.2, 0.25) is 0 Å². The summed E-state index contributed by atoms with van der Waals surface area (Å²) in [5, 5.41) is 22.4. The molecule has 0 radical (unpaired) electrons. The number of hydrogen-bond acceptors (Lipinski definition) is 6. The Kier molecular flexibility index (Phi) is 6.29. The average molecular weight is 351 g/mol. The molecule has 9 nitrogen and oxygen atoms in total. The third-order valence-corrected chi connectivity index (χ3v) is 4.14. The molecule has 2 N–H and O–H groups in total. The first-order chi connectivity index (χ1) is 11.9. The first kappa shape index (κ1) is 18.7. The highest BCUT2D eigenvalue weighted by molar-refractivity contribution is 5.78. The lowest BCUT2D eigenvalue weighted by atomic mass is 9.85. The average Bonchev–Trinajstić information content (AvgIpc) is 2.54. The Morgan fingerprint density at radius 3 is 2.76 bits per heavy atom. The van der Waals surface area contributed by atoms with E-state index in [0.29, 0.717) is 19.4 Å². The molecule has 1 amide bonds.